The molecule has 1 saturated heterocycles. The molecule has 1 aromatic carbocycles. The van der Waals surface area contributed by atoms with Gasteiger partial charge >= 0.3 is 5.97 Å². The van der Waals surface area contributed by atoms with Crippen LogP contribution < -0.4 is 4.90 Å². The van der Waals surface area contributed by atoms with Crippen molar-refractivity contribution >= 4 is 34.9 Å². The Labute approximate surface area is 129 Å². The number of hydrogen-bond acceptors (Lipinski definition) is 4. The molecule has 1 atom stereocenters. The van der Waals surface area contributed by atoms with Crippen molar-refractivity contribution in [1.29, 1.82) is 0 Å². The van der Waals surface area contributed by atoms with Gasteiger partial charge in [-0.15, -0.1) is 0 Å². The number of rotatable bonds is 5. The van der Waals surface area contributed by atoms with Crippen LogP contribution in [0.25, 0.3) is 0 Å². The zero-order valence-electron chi connectivity index (χ0n) is 12.1. The van der Waals surface area contributed by atoms with E-state index in [9.17, 15) is 9.59 Å². The summed E-state index contributed by atoms with van der Waals surface area (Å²) in [6.45, 7) is 2.64. The Kier molecular flexibility index (Phi) is 4.90. The standard InChI is InChI=1S/C15H18N2O3S/c1-3-9-16-12(10-13(18)20-2)14(19)17(15(16)21)11-7-5-4-6-8-11/h4-8,12H,3,9-10H2,1-2H3/t12-/m0/s1. The van der Waals surface area contributed by atoms with E-state index in [1.54, 1.807) is 0 Å². The van der Waals surface area contributed by atoms with E-state index in [2.05, 4.69) is 4.74 Å². The van der Waals surface area contributed by atoms with Crippen LogP contribution in [-0.4, -0.2) is 41.6 Å². The van der Waals surface area contributed by atoms with Gasteiger partial charge in [-0.05, 0) is 30.8 Å². The fraction of sp³-hybridized carbons (Fsp3) is 0.400. The van der Waals surface area contributed by atoms with Crippen LogP contribution in [0, 0.1) is 0 Å². The fourth-order valence-electron chi connectivity index (χ4n) is 2.38. The second-order valence-corrected chi connectivity index (χ2v) is 5.15. The quantitative estimate of drug-likeness (QED) is 0.615. The minimum atomic E-state index is -0.579. The monoisotopic (exact) mass is 306 g/mol. The number of hydrogen-bond donors (Lipinski definition) is 0. The molecule has 1 aromatic rings. The predicted octanol–water partition coefficient (Wildman–Crippen LogP) is 1.96. The largest absolute Gasteiger partial charge is 0.469 e. The highest BCUT2D eigenvalue weighted by atomic mass is 32.1. The van der Waals surface area contributed by atoms with Crippen LogP contribution in [0.5, 0.6) is 0 Å². The lowest BCUT2D eigenvalue weighted by Gasteiger charge is -2.22. The number of amides is 1. The van der Waals surface area contributed by atoms with Gasteiger partial charge in [0.05, 0.1) is 19.2 Å². The molecule has 1 aliphatic rings. The third-order valence-corrected chi connectivity index (χ3v) is 3.80. The topological polar surface area (TPSA) is 49.9 Å². The average Bonchev–Trinajstić information content (AvgIpc) is 2.72. The maximum Gasteiger partial charge on any atom is 0.308 e. The molecule has 0 radical (unpaired) electrons. The fourth-order valence-corrected chi connectivity index (χ4v) is 2.80. The maximum atomic E-state index is 12.6. The molecule has 2 rings (SSSR count). The number of methoxy groups -OCH3 is 1. The van der Waals surface area contributed by atoms with Crippen LogP contribution in [0.1, 0.15) is 19.8 Å². The molecule has 0 aromatic heterocycles. The van der Waals surface area contributed by atoms with Crippen molar-refractivity contribution in [2.75, 3.05) is 18.6 Å². The van der Waals surface area contributed by atoms with E-state index in [4.69, 9.17) is 12.2 Å². The zero-order valence-corrected chi connectivity index (χ0v) is 12.9. The average molecular weight is 306 g/mol. The number of ether oxygens (including phenoxy) is 1. The van der Waals surface area contributed by atoms with E-state index in [1.807, 2.05) is 42.2 Å². The number of para-hydroxylation sites is 1. The van der Waals surface area contributed by atoms with Crippen LogP contribution in [0.15, 0.2) is 30.3 Å². The van der Waals surface area contributed by atoms with Gasteiger partial charge in [-0.1, -0.05) is 25.1 Å². The van der Waals surface area contributed by atoms with E-state index in [-0.39, 0.29) is 12.3 Å². The van der Waals surface area contributed by atoms with Crippen molar-refractivity contribution in [2.45, 2.75) is 25.8 Å². The summed E-state index contributed by atoms with van der Waals surface area (Å²) in [7, 11) is 1.32. The van der Waals surface area contributed by atoms with E-state index < -0.39 is 12.0 Å². The van der Waals surface area contributed by atoms with Gasteiger partial charge in [0.15, 0.2) is 5.11 Å². The first-order chi connectivity index (χ1) is 10.1. The van der Waals surface area contributed by atoms with E-state index in [0.29, 0.717) is 11.7 Å². The number of thiocarbonyl (C=S) groups is 1. The zero-order chi connectivity index (χ0) is 15.4. The van der Waals surface area contributed by atoms with E-state index >= 15 is 0 Å². The smallest absolute Gasteiger partial charge is 0.308 e. The van der Waals surface area contributed by atoms with Gasteiger partial charge in [0.25, 0.3) is 5.91 Å². The Hall–Kier alpha value is -1.95. The van der Waals surface area contributed by atoms with Crippen molar-refractivity contribution in [1.82, 2.24) is 4.90 Å². The van der Waals surface area contributed by atoms with Crippen LogP contribution >= 0.6 is 12.2 Å². The molecular formula is C15H18N2O3S. The van der Waals surface area contributed by atoms with Crippen LogP contribution in [0.2, 0.25) is 0 Å². The minimum absolute atomic E-state index is 0.0127. The highest BCUT2D eigenvalue weighted by Gasteiger charge is 2.43. The Morgan fingerprint density at radius 1 is 1.33 bits per heavy atom. The van der Waals surface area contributed by atoms with Gasteiger partial charge in [0, 0.05) is 6.54 Å². The molecule has 1 aliphatic heterocycles. The van der Waals surface area contributed by atoms with Gasteiger partial charge in [-0.3, -0.25) is 14.5 Å². The van der Waals surface area contributed by atoms with Gasteiger partial charge in [0.1, 0.15) is 6.04 Å². The lowest BCUT2D eigenvalue weighted by Crippen LogP contribution is -2.37. The molecular weight excluding hydrogens is 288 g/mol. The first kappa shape index (κ1) is 15.4. The second kappa shape index (κ2) is 6.67. The van der Waals surface area contributed by atoms with Gasteiger partial charge in [-0.25, -0.2) is 0 Å². The normalized spacial score (nSPS) is 18.3. The lowest BCUT2D eigenvalue weighted by molar-refractivity contribution is -0.143. The maximum absolute atomic E-state index is 12.6. The van der Waals surface area contributed by atoms with Crippen LogP contribution in [0.4, 0.5) is 5.69 Å². The summed E-state index contributed by atoms with van der Waals surface area (Å²) in [5.74, 6) is -0.586. The molecule has 1 fully saturated rings. The SMILES string of the molecule is CCCN1C(=S)N(c2ccccc2)C(=O)[C@@H]1CC(=O)OC. The Bertz CT molecular complexity index is 547. The molecule has 0 saturated carbocycles. The summed E-state index contributed by atoms with van der Waals surface area (Å²) in [4.78, 5) is 27.5. The van der Waals surface area contributed by atoms with E-state index in [1.165, 1.54) is 12.0 Å². The van der Waals surface area contributed by atoms with Crippen LogP contribution in [-0.2, 0) is 14.3 Å². The molecule has 112 valence electrons. The molecule has 0 spiro atoms. The summed E-state index contributed by atoms with van der Waals surface area (Å²) >= 11 is 5.43. The number of benzene rings is 1. The molecule has 1 heterocycles. The summed E-state index contributed by atoms with van der Waals surface area (Å²) in [5, 5.41) is 0.446. The van der Waals surface area contributed by atoms with Crippen molar-refractivity contribution in [3.8, 4) is 0 Å². The van der Waals surface area contributed by atoms with Crippen LogP contribution in [0.3, 0.4) is 0 Å². The third kappa shape index (κ3) is 3.05. The van der Waals surface area contributed by atoms with Gasteiger partial charge in [-0.2, -0.15) is 0 Å². The molecule has 5 nitrogen and oxygen atoms in total. The Morgan fingerprint density at radius 3 is 2.57 bits per heavy atom. The van der Waals surface area contributed by atoms with Crippen molar-refractivity contribution in [3.05, 3.63) is 30.3 Å². The minimum Gasteiger partial charge on any atom is -0.469 e. The highest BCUT2D eigenvalue weighted by Crippen LogP contribution is 2.27. The second-order valence-electron chi connectivity index (χ2n) is 4.78. The highest BCUT2D eigenvalue weighted by molar-refractivity contribution is 7.80. The summed E-state index contributed by atoms with van der Waals surface area (Å²) < 4.78 is 4.68. The Balaban J connectivity index is 2.31. The van der Waals surface area contributed by atoms with Crippen molar-refractivity contribution in [2.24, 2.45) is 0 Å². The summed E-state index contributed by atoms with van der Waals surface area (Å²) in [5.41, 5.74) is 0.723. The molecule has 0 aliphatic carbocycles. The summed E-state index contributed by atoms with van der Waals surface area (Å²) in [6, 6.07) is 8.66. The Morgan fingerprint density at radius 2 is 2.00 bits per heavy atom. The number of carbonyl (C=O) groups excluding carboxylic acids is 2. The number of carbonyl (C=O) groups is 2. The lowest BCUT2D eigenvalue weighted by atomic mass is 10.1. The number of anilines is 1. The summed E-state index contributed by atoms with van der Waals surface area (Å²) in [6.07, 6.45) is 0.854. The first-order valence-corrected chi connectivity index (χ1v) is 7.27. The first-order valence-electron chi connectivity index (χ1n) is 6.86. The molecule has 0 unspecified atom stereocenters. The molecule has 0 N–H and O–H groups in total. The molecule has 1 amide bonds. The van der Waals surface area contributed by atoms with E-state index in [0.717, 1.165) is 12.1 Å². The molecule has 21 heavy (non-hydrogen) atoms. The molecule has 6 heteroatoms. The number of esters is 1. The predicted molar refractivity (Wildman–Crippen MR) is 83.9 cm³/mol. The number of nitrogens with zero attached hydrogens (tertiary/aromatic N) is 2. The van der Waals surface area contributed by atoms with Gasteiger partial charge < -0.3 is 9.64 Å². The molecule has 0 bridgehead atoms. The van der Waals surface area contributed by atoms with Crippen molar-refractivity contribution in [3.63, 3.8) is 0 Å². The third-order valence-electron chi connectivity index (χ3n) is 3.39. The van der Waals surface area contributed by atoms with Crippen molar-refractivity contribution < 1.29 is 14.3 Å². The van der Waals surface area contributed by atoms with Gasteiger partial charge in [0.2, 0.25) is 0 Å².